The molecular formula is C19H22BBrO3. The van der Waals surface area contributed by atoms with Gasteiger partial charge in [-0.05, 0) is 51.0 Å². The molecular weight excluding hydrogens is 367 g/mol. The third-order valence-electron chi connectivity index (χ3n) is 4.02. The fourth-order valence-corrected chi connectivity index (χ4v) is 3.40. The molecule has 3 rings (SSSR count). The zero-order chi connectivity index (χ0) is 17.2. The number of benzene rings is 2. The molecule has 2 aromatic carbocycles. The fraction of sp³-hybridized carbons (Fsp3) is 0.368. The van der Waals surface area contributed by atoms with Gasteiger partial charge in [-0.15, -0.1) is 0 Å². The standard InChI is InChI=1S/C19H22BBrO3/c1-14-12-19(2,3)24-20(23-14)17-11-16(21)9-10-18(17)22-13-15-7-5-4-6-8-15/h4-11,14H,12-13H2,1-3H3. The molecule has 126 valence electrons. The van der Waals surface area contributed by atoms with Gasteiger partial charge in [-0.25, -0.2) is 0 Å². The summed E-state index contributed by atoms with van der Waals surface area (Å²) in [7, 11) is -0.424. The minimum atomic E-state index is -0.424. The van der Waals surface area contributed by atoms with Crippen molar-refractivity contribution in [2.75, 3.05) is 0 Å². The molecule has 2 aromatic rings. The maximum atomic E-state index is 6.15. The van der Waals surface area contributed by atoms with Gasteiger partial charge in [-0.1, -0.05) is 46.3 Å². The van der Waals surface area contributed by atoms with Crippen molar-refractivity contribution in [3.05, 3.63) is 58.6 Å². The van der Waals surface area contributed by atoms with Crippen LogP contribution in [0.15, 0.2) is 53.0 Å². The van der Waals surface area contributed by atoms with Crippen LogP contribution in [0.5, 0.6) is 5.75 Å². The van der Waals surface area contributed by atoms with E-state index in [9.17, 15) is 0 Å². The number of ether oxygens (including phenoxy) is 1. The van der Waals surface area contributed by atoms with E-state index in [0.717, 1.165) is 27.7 Å². The summed E-state index contributed by atoms with van der Waals surface area (Å²) in [5.41, 5.74) is 1.83. The highest BCUT2D eigenvalue weighted by Crippen LogP contribution is 2.28. The third-order valence-corrected chi connectivity index (χ3v) is 4.52. The zero-order valence-electron chi connectivity index (χ0n) is 14.3. The molecule has 1 aliphatic rings. The molecule has 0 radical (unpaired) electrons. The summed E-state index contributed by atoms with van der Waals surface area (Å²) in [5, 5.41) is 0. The summed E-state index contributed by atoms with van der Waals surface area (Å²) in [6.07, 6.45) is 1.01. The van der Waals surface area contributed by atoms with E-state index >= 15 is 0 Å². The van der Waals surface area contributed by atoms with Gasteiger partial charge in [-0.3, -0.25) is 0 Å². The van der Waals surface area contributed by atoms with E-state index in [-0.39, 0.29) is 11.7 Å². The number of halogens is 1. The van der Waals surface area contributed by atoms with Crippen molar-refractivity contribution < 1.29 is 14.0 Å². The smallest absolute Gasteiger partial charge is 0.489 e. The van der Waals surface area contributed by atoms with Gasteiger partial charge in [0.05, 0.1) is 5.60 Å². The molecule has 1 heterocycles. The van der Waals surface area contributed by atoms with Crippen molar-refractivity contribution in [1.29, 1.82) is 0 Å². The van der Waals surface area contributed by atoms with Gasteiger partial charge in [0, 0.05) is 16.0 Å². The molecule has 0 saturated carbocycles. The fourth-order valence-electron chi connectivity index (χ4n) is 3.02. The molecule has 1 unspecified atom stereocenters. The van der Waals surface area contributed by atoms with E-state index < -0.39 is 7.12 Å². The van der Waals surface area contributed by atoms with Crippen LogP contribution in [-0.2, 0) is 15.9 Å². The maximum absolute atomic E-state index is 6.15. The molecule has 0 aromatic heterocycles. The summed E-state index contributed by atoms with van der Waals surface area (Å²) in [4.78, 5) is 0. The first-order chi connectivity index (χ1) is 11.4. The minimum Gasteiger partial charge on any atom is -0.489 e. The molecule has 1 fully saturated rings. The SMILES string of the molecule is CC1CC(C)(C)OB(c2cc(Br)ccc2OCc2ccccc2)O1. The van der Waals surface area contributed by atoms with Crippen molar-refractivity contribution in [2.24, 2.45) is 0 Å². The average molecular weight is 389 g/mol. The molecule has 0 spiro atoms. The second-order valence-electron chi connectivity index (χ2n) is 6.82. The highest BCUT2D eigenvalue weighted by atomic mass is 79.9. The summed E-state index contributed by atoms with van der Waals surface area (Å²) < 4.78 is 19.2. The first-order valence-electron chi connectivity index (χ1n) is 8.22. The van der Waals surface area contributed by atoms with E-state index in [0.29, 0.717) is 6.61 Å². The van der Waals surface area contributed by atoms with Gasteiger partial charge in [-0.2, -0.15) is 0 Å². The summed E-state index contributed by atoms with van der Waals surface area (Å²) in [5.74, 6) is 0.789. The lowest BCUT2D eigenvalue weighted by Crippen LogP contribution is -2.52. The Bertz CT molecular complexity index is 690. The van der Waals surface area contributed by atoms with Crippen LogP contribution in [0.4, 0.5) is 0 Å². The Morgan fingerprint density at radius 2 is 1.96 bits per heavy atom. The molecule has 0 N–H and O–H groups in total. The van der Waals surface area contributed by atoms with Gasteiger partial charge in [0.2, 0.25) is 0 Å². The Morgan fingerprint density at radius 1 is 1.21 bits per heavy atom. The van der Waals surface area contributed by atoms with Crippen LogP contribution < -0.4 is 10.2 Å². The van der Waals surface area contributed by atoms with Crippen molar-refractivity contribution >= 4 is 28.5 Å². The summed E-state index contributed by atoms with van der Waals surface area (Å²) >= 11 is 3.54. The van der Waals surface area contributed by atoms with Crippen molar-refractivity contribution in [1.82, 2.24) is 0 Å². The zero-order valence-corrected chi connectivity index (χ0v) is 15.9. The lowest BCUT2D eigenvalue weighted by molar-refractivity contribution is -0.0231. The highest BCUT2D eigenvalue weighted by Gasteiger charge is 2.39. The molecule has 0 aliphatic carbocycles. The van der Waals surface area contributed by atoms with E-state index in [1.807, 2.05) is 36.4 Å². The van der Waals surface area contributed by atoms with Gasteiger partial charge >= 0.3 is 7.12 Å². The van der Waals surface area contributed by atoms with Crippen LogP contribution in [0, 0.1) is 0 Å². The van der Waals surface area contributed by atoms with Crippen LogP contribution in [0.25, 0.3) is 0 Å². The van der Waals surface area contributed by atoms with Crippen LogP contribution in [-0.4, -0.2) is 18.8 Å². The van der Waals surface area contributed by atoms with E-state index in [4.69, 9.17) is 14.0 Å². The first-order valence-corrected chi connectivity index (χ1v) is 9.02. The Morgan fingerprint density at radius 3 is 2.67 bits per heavy atom. The van der Waals surface area contributed by atoms with Gasteiger partial charge in [0.15, 0.2) is 0 Å². The predicted molar refractivity (Wildman–Crippen MR) is 101 cm³/mol. The quantitative estimate of drug-likeness (QED) is 0.729. The lowest BCUT2D eigenvalue weighted by atomic mass is 9.74. The summed E-state index contributed by atoms with van der Waals surface area (Å²) in [6.45, 7) is 6.80. The van der Waals surface area contributed by atoms with E-state index in [1.54, 1.807) is 0 Å². The molecule has 0 amide bonds. The normalized spacial score (nSPS) is 20.0. The van der Waals surface area contributed by atoms with Gasteiger partial charge in [0.25, 0.3) is 0 Å². The Balaban J connectivity index is 1.83. The monoisotopic (exact) mass is 388 g/mol. The molecule has 1 saturated heterocycles. The highest BCUT2D eigenvalue weighted by molar-refractivity contribution is 9.10. The largest absolute Gasteiger partial charge is 0.498 e. The van der Waals surface area contributed by atoms with Crippen LogP contribution in [0.3, 0.4) is 0 Å². The average Bonchev–Trinajstić information content (AvgIpc) is 2.52. The molecule has 5 heteroatoms. The number of rotatable bonds is 4. The Kier molecular flexibility index (Phi) is 5.33. The molecule has 1 atom stereocenters. The topological polar surface area (TPSA) is 27.7 Å². The van der Waals surface area contributed by atoms with Gasteiger partial charge < -0.3 is 14.0 Å². The third kappa shape index (κ3) is 4.41. The van der Waals surface area contributed by atoms with E-state index in [2.05, 4.69) is 48.8 Å². The number of hydrogen-bond acceptors (Lipinski definition) is 3. The van der Waals surface area contributed by atoms with Crippen molar-refractivity contribution in [3.63, 3.8) is 0 Å². The van der Waals surface area contributed by atoms with Crippen molar-refractivity contribution in [3.8, 4) is 5.75 Å². The second kappa shape index (κ2) is 7.30. The van der Waals surface area contributed by atoms with Crippen molar-refractivity contribution in [2.45, 2.75) is 45.5 Å². The minimum absolute atomic E-state index is 0.139. The first kappa shape index (κ1) is 17.5. The van der Waals surface area contributed by atoms with Crippen LogP contribution >= 0.6 is 15.9 Å². The maximum Gasteiger partial charge on any atom is 0.498 e. The van der Waals surface area contributed by atoms with Crippen LogP contribution in [0.1, 0.15) is 32.8 Å². The Hall–Kier alpha value is -1.30. The van der Waals surface area contributed by atoms with E-state index in [1.165, 1.54) is 0 Å². The second-order valence-corrected chi connectivity index (χ2v) is 7.73. The predicted octanol–water partition coefficient (Wildman–Crippen LogP) is 4.33. The van der Waals surface area contributed by atoms with Crippen LogP contribution in [0.2, 0.25) is 0 Å². The summed E-state index contributed by atoms with van der Waals surface area (Å²) in [6, 6.07) is 16.1. The number of hydrogen-bond donors (Lipinski definition) is 0. The van der Waals surface area contributed by atoms with Gasteiger partial charge in [0.1, 0.15) is 12.4 Å². The molecule has 1 aliphatic heterocycles. The molecule has 0 bridgehead atoms. The Labute approximate surface area is 152 Å². The molecule has 24 heavy (non-hydrogen) atoms. The lowest BCUT2D eigenvalue weighted by Gasteiger charge is -2.38. The molecule has 3 nitrogen and oxygen atoms in total.